The molecule has 0 radical (unpaired) electrons. The molecule has 1 aliphatic rings. The average Bonchev–Trinajstić information content (AvgIpc) is 2.64. The normalized spacial score (nSPS) is 14.4. The smallest absolute Gasteiger partial charge is 0.257 e. The van der Waals surface area contributed by atoms with Crippen molar-refractivity contribution in [2.75, 3.05) is 36.5 Å². The number of nitrogens with zero attached hydrogens (tertiary/aromatic N) is 2. The van der Waals surface area contributed by atoms with Crippen LogP contribution in [0.2, 0.25) is 5.02 Å². The summed E-state index contributed by atoms with van der Waals surface area (Å²) in [4.78, 5) is 18.9. The van der Waals surface area contributed by atoms with Crippen LogP contribution < -0.4 is 15.0 Å². The highest BCUT2D eigenvalue weighted by atomic mass is 35.5. The lowest BCUT2D eigenvalue weighted by Gasteiger charge is -2.29. The summed E-state index contributed by atoms with van der Waals surface area (Å²) in [6.45, 7) is 6.89. The van der Waals surface area contributed by atoms with Crippen molar-refractivity contribution in [1.82, 2.24) is 4.98 Å². The van der Waals surface area contributed by atoms with Gasteiger partial charge in [0.15, 0.2) is 0 Å². The van der Waals surface area contributed by atoms with E-state index < -0.39 is 0 Å². The van der Waals surface area contributed by atoms with E-state index in [1.807, 2.05) is 38.1 Å². The van der Waals surface area contributed by atoms with Gasteiger partial charge in [0, 0.05) is 30.7 Å². The molecule has 1 aromatic carbocycles. The predicted octanol–water partition coefficient (Wildman–Crippen LogP) is 3.61. The van der Waals surface area contributed by atoms with E-state index >= 15 is 0 Å². The Morgan fingerprint density at radius 2 is 2.08 bits per heavy atom. The number of hydrogen-bond acceptors (Lipinski definition) is 5. The maximum absolute atomic E-state index is 12.5. The van der Waals surface area contributed by atoms with Gasteiger partial charge in [-0.1, -0.05) is 17.7 Å². The van der Waals surface area contributed by atoms with Crippen molar-refractivity contribution in [3.05, 3.63) is 47.1 Å². The van der Waals surface area contributed by atoms with Gasteiger partial charge in [-0.3, -0.25) is 4.79 Å². The number of hydrogen-bond donors (Lipinski definition) is 1. The summed E-state index contributed by atoms with van der Waals surface area (Å²) in [7, 11) is 0. The topological polar surface area (TPSA) is 63.7 Å². The van der Waals surface area contributed by atoms with Crippen molar-refractivity contribution in [3.63, 3.8) is 0 Å². The second-order valence-corrected chi connectivity index (χ2v) is 6.69. The van der Waals surface area contributed by atoms with Gasteiger partial charge in [-0.05, 0) is 38.1 Å². The summed E-state index contributed by atoms with van der Waals surface area (Å²) in [5.74, 6) is 0.0576. The minimum absolute atomic E-state index is 0.0393. The fourth-order valence-corrected chi connectivity index (χ4v) is 2.88. The van der Waals surface area contributed by atoms with Crippen LogP contribution in [0.1, 0.15) is 24.2 Å². The number of halogens is 1. The van der Waals surface area contributed by atoms with Gasteiger partial charge in [-0.25, -0.2) is 4.98 Å². The molecular formula is C19H22ClN3O3. The third-order valence-electron chi connectivity index (χ3n) is 3.90. The number of amides is 1. The summed E-state index contributed by atoms with van der Waals surface area (Å²) in [6, 6.07) is 9.32. The Hall–Kier alpha value is -2.31. The highest BCUT2D eigenvalue weighted by Crippen LogP contribution is 2.25. The van der Waals surface area contributed by atoms with Gasteiger partial charge in [0.05, 0.1) is 24.9 Å². The van der Waals surface area contributed by atoms with Crippen molar-refractivity contribution >= 4 is 28.9 Å². The van der Waals surface area contributed by atoms with Gasteiger partial charge in [-0.15, -0.1) is 0 Å². The summed E-state index contributed by atoms with van der Waals surface area (Å²) < 4.78 is 10.9. The van der Waals surface area contributed by atoms with Crippen molar-refractivity contribution in [1.29, 1.82) is 0 Å². The summed E-state index contributed by atoms with van der Waals surface area (Å²) in [5.41, 5.74) is 2.16. The lowest BCUT2D eigenvalue weighted by atomic mass is 10.2. The number of carbonyl (C=O) groups excluding carboxylic acids is 1. The zero-order valence-corrected chi connectivity index (χ0v) is 15.6. The van der Waals surface area contributed by atoms with Crippen LogP contribution in [0.3, 0.4) is 0 Å². The van der Waals surface area contributed by atoms with Crippen molar-refractivity contribution < 1.29 is 14.3 Å². The van der Waals surface area contributed by atoms with Gasteiger partial charge < -0.3 is 19.7 Å². The van der Waals surface area contributed by atoms with Crippen molar-refractivity contribution in [2.24, 2.45) is 0 Å². The van der Waals surface area contributed by atoms with Gasteiger partial charge in [0.2, 0.25) is 5.88 Å². The Labute approximate surface area is 158 Å². The maximum Gasteiger partial charge on any atom is 0.257 e. The molecule has 6 nitrogen and oxygen atoms in total. The van der Waals surface area contributed by atoms with E-state index in [0.29, 0.717) is 29.7 Å². The van der Waals surface area contributed by atoms with Crippen LogP contribution in [0.15, 0.2) is 36.5 Å². The highest BCUT2D eigenvalue weighted by Gasteiger charge is 2.14. The van der Waals surface area contributed by atoms with Crippen LogP contribution in [-0.2, 0) is 4.74 Å². The molecule has 1 fully saturated rings. The Kier molecular flexibility index (Phi) is 5.96. The molecule has 1 N–H and O–H groups in total. The number of benzene rings is 1. The second-order valence-electron chi connectivity index (χ2n) is 6.28. The number of morpholine rings is 1. The molecule has 1 saturated heterocycles. The first-order valence-electron chi connectivity index (χ1n) is 8.59. The molecule has 0 aliphatic carbocycles. The first-order valence-corrected chi connectivity index (χ1v) is 8.97. The maximum atomic E-state index is 12.5. The standard InChI is InChI=1S/C19H22ClN3O3/c1-13(2)26-19-17(20)10-14(12-21-19)18(24)22-15-4-3-5-16(11-15)23-6-8-25-9-7-23/h3-5,10-13H,6-9H2,1-2H3,(H,22,24). The minimum atomic E-state index is -0.269. The Balaban J connectivity index is 1.70. The van der Waals surface area contributed by atoms with E-state index in [-0.39, 0.29) is 12.0 Å². The largest absolute Gasteiger partial charge is 0.474 e. The van der Waals surface area contributed by atoms with Crippen LogP contribution >= 0.6 is 11.6 Å². The molecule has 0 saturated carbocycles. The molecule has 1 amide bonds. The summed E-state index contributed by atoms with van der Waals surface area (Å²) in [5, 5.41) is 3.20. The first-order chi connectivity index (χ1) is 12.5. The third-order valence-corrected chi connectivity index (χ3v) is 4.17. The molecule has 1 aliphatic heterocycles. The molecule has 2 heterocycles. The molecule has 138 valence electrons. The van der Waals surface area contributed by atoms with Crippen LogP contribution in [0.4, 0.5) is 11.4 Å². The summed E-state index contributed by atoms with van der Waals surface area (Å²) in [6.07, 6.45) is 1.42. The quantitative estimate of drug-likeness (QED) is 0.864. The minimum Gasteiger partial charge on any atom is -0.474 e. The van der Waals surface area contributed by atoms with E-state index in [2.05, 4.69) is 15.2 Å². The van der Waals surface area contributed by atoms with E-state index in [0.717, 1.165) is 24.5 Å². The number of anilines is 2. The fraction of sp³-hybridized carbons (Fsp3) is 0.368. The molecule has 0 bridgehead atoms. The van der Waals surface area contributed by atoms with E-state index in [4.69, 9.17) is 21.1 Å². The van der Waals surface area contributed by atoms with E-state index in [1.54, 1.807) is 6.07 Å². The second kappa shape index (κ2) is 8.38. The number of nitrogens with one attached hydrogen (secondary N) is 1. The zero-order chi connectivity index (χ0) is 18.5. The molecule has 0 atom stereocenters. The van der Waals surface area contributed by atoms with Crippen LogP contribution in [-0.4, -0.2) is 43.3 Å². The lowest BCUT2D eigenvalue weighted by Crippen LogP contribution is -2.36. The van der Waals surface area contributed by atoms with Gasteiger partial charge in [-0.2, -0.15) is 0 Å². The number of ether oxygens (including phenoxy) is 2. The molecule has 26 heavy (non-hydrogen) atoms. The molecule has 7 heteroatoms. The molecule has 1 aromatic heterocycles. The molecular weight excluding hydrogens is 354 g/mol. The lowest BCUT2D eigenvalue weighted by molar-refractivity contribution is 0.102. The van der Waals surface area contributed by atoms with Gasteiger partial charge in [0.1, 0.15) is 5.02 Å². The predicted molar refractivity (Wildman–Crippen MR) is 102 cm³/mol. The van der Waals surface area contributed by atoms with Crippen LogP contribution in [0.5, 0.6) is 5.88 Å². The van der Waals surface area contributed by atoms with Gasteiger partial charge in [0.25, 0.3) is 5.91 Å². The number of aromatic nitrogens is 1. The Morgan fingerprint density at radius 1 is 1.31 bits per heavy atom. The number of carbonyl (C=O) groups is 1. The van der Waals surface area contributed by atoms with E-state index in [9.17, 15) is 4.79 Å². The first kappa shape index (κ1) is 18.5. The molecule has 2 aromatic rings. The van der Waals surface area contributed by atoms with Crippen molar-refractivity contribution in [3.8, 4) is 5.88 Å². The Morgan fingerprint density at radius 3 is 2.77 bits per heavy atom. The number of rotatable bonds is 5. The SMILES string of the molecule is CC(C)Oc1ncc(C(=O)Nc2cccc(N3CCOCC3)c2)cc1Cl. The van der Waals surface area contributed by atoms with Crippen molar-refractivity contribution in [2.45, 2.75) is 20.0 Å². The number of pyridine rings is 1. The van der Waals surface area contributed by atoms with Crippen LogP contribution in [0, 0.1) is 0 Å². The van der Waals surface area contributed by atoms with Gasteiger partial charge >= 0.3 is 0 Å². The summed E-state index contributed by atoms with van der Waals surface area (Å²) >= 11 is 6.16. The van der Waals surface area contributed by atoms with E-state index in [1.165, 1.54) is 6.20 Å². The third kappa shape index (κ3) is 4.65. The molecule has 3 rings (SSSR count). The zero-order valence-electron chi connectivity index (χ0n) is 14.9. The average molecular weight is 376 g/mol. The monoisotopic (exact) mass is 375 g/mol. The highest BCUT2D eigenvalue weighted by molar-refractivity contribution is 6.32. The Bertz CT molecular complexity index is 776. The molecule has 0 spiro atoms. The molecule has 0 unspecified atom stereocenters. The van der Waals surface area contributed by atoms with Crippen LogP contribution in [0.25, 0.3) is 0 Å². The fourth-order valence-electron chi connectivity index (χ4n) is 2.66.